The van der Waals surface area contributed by atoms with Gasteiger partial charge in [-0.15, -0.1) is 0 Å². The molecule has 4 rings (SSSR count). The third-order valence-corrected chi connectivity index (χ3v) is 8.04. The normalized spacial score (nSPS) is 21.8. The molecule has 4 unspecified atom stereocenters. The number of benzene rings is 2. The van der Waals surface area contributed by atoms with Crippen LogP contribution in [0, 0.1) is 11.8 Å². The average Bonchev–Trinajstić information content (AvgIpc) is 2.79. The maximum Gasteiger partial charge on any atom is 0.145 e. The summed E-state index contributed by atoms with van der Waals surface area (Å²) in [5.41, 5.74) is 5.20. The molecule has 2 aliphatic heterocycles. The van der Waals surface area contributed by atoms with Crippen molar-refractivity contribution in [1.82, 2.24) is 20.4 Å². The molecule has 5 nitrogen and oxygen atoms in total. The lowest BCUT2D eigenvalue weighted by Crippen LogP contribution is -2.49. The monoisotopic (exact) mass is 590 g/mol. The summed E-state index contributed by atoms with van der Waals surface area (Å²) < 4.78 is 2.20. The van der Waals surface area contributed by atoms with Crippen LogP contribution >= 0.6 is 31.9 Å². The van der Waals surface area contributed by atoms with Crippen LogP contribution < -0.4 is 10.6 Å². The van der Waals surface area contributed by atoms with E-state index in [-0.39, 0.29) is 23.9 Å². The fraction of sp³-hybridized carbons (Fsp3) is 0.519. The molecule has 184 valence electrons. The summed E-state index contributed by atoms with van der Waals surface area (Å²) in [6.07, 6.45) is 1.98. The molecule has 0 fully saturated rings. The van der Waals surface area contributed by atoms with Crippen LogP contribution in [0.3, 0.4) is 0 Å². The maximum absolute atomic E-state index is 14.5. The molecule has 0 aromatic heterocycles. The van der Waals surface area contributed by atoms with Gasteiger partial charge in [-0.2, -0.15) is 0 Å². The van der Waals surface area contributed by atoms with E-state index in [4.69, 9.17) is 0 Å². The molecule has 0 aliphatic carbocycles. The molecular weight excluding hydrogens is 556 g/mol. The first-order valence-electron chi connectivity index (χ1n) is 12.1. The van der Waals surface area contributed by atoms with Gasteiger partial charge in [0.05, 0.1) is 11.8 Å². The zero-order chi connectivity index (χ0) is 24.4. The van der Waals surface area contributed by atoms with Crippen molar-refractivity contribution >= 4 is 37.6 Å². The minimum Gasteiger partial charge on any atom is -0.309 e. The topological polar surface area (TPSA) is 47.6 Å². The van der Waals surface area contributed by atoms with Crippen LogP contribution in [-0.4, -0.2) is 70.0 Å². The number of Topliss-reactive ketones (excluding diaryl/α,β-unsaturated/α-hetero) is 1. The van der Waals surface area contributed by atoms with E-state index in [2.05, 4.69) is 117 Å². The first kappa shape index (κ1) is 26.0. The van der Waals surface area contributed by atoms with E-state index in [1.165, 1.54) is 22.3 Å². The van der Waals surface area contributed by atoms with Crippen LogP contribution in [0.15, 0.2) is 45.3 Å². The van der Waals surface area contributed by atoms with E-state index in [9.17, 15) is 4.79 Å². The van der Waals surface area contributed by atoms with Crippen molar-refractivity contribution in [1.29, 1.82) is 0 Å². The van der Waals surface area contributed by atoms with E-state index in [1.807, 2.05) is 0 Å². The van der Waals surface area contributed by atoms with Crippen LogP contribution in [0.1, 0.15) is 34.3 Å². The molecule has 2 aromatic rings. The number of nitrogens with zero attached hydrogens (tertiary/aromatic N) is 2. The van der Waals surface area contributed by atoms with E-state index >= 15 is 0 Å². The lowest BCUT2D eigenvalue weighted by Gasteiger charge is -2.39. The van der Waals surface area contributed by atoms with Gasteiger partial charge in [0.2, 0.25) is 0 Å². The lowest BCUT2D eigenvalue weighted by molar-refractivity contribution is -0.130. The van der Waals surface area contributed by atoms with Crippen LogP contribution in [0.5, 0.6) is 0 Å². The van der Waals surface area contributed by atoms with Gasteiger partial charge in [-0.1, -0.05) is 44.0 Å². The number of fused-ring (bicyclic) bond motifs is 2. The average molecular weight is 592 g/mol. The van der Waals surface area contributed by atoms with Crippen molar-refractivity contribution in [2.45, 2.75) is 24.9 Å². The molecule has 2 aromatic carbocycles. The second-order valence-electron chi connectivity index (χ2n) is 10.2. The molecule has 0 radical (unpaired) electrons. The molecule has 0 saturated carbocycles. The van der Waals surface area contributed by atoms with Crippen molar-refractivity contribution in [3.63, 3.8) is 0 Å². The summed E-state index contributed by atoms with van der Waals surface area (Å²) in [4.78, 5) is 18.8. The number of rotatable bonds is 8. The molecule has 2 heterocycles. The lowest BCUT2D eigenvalue weighted by atomic mass is 9.75. The van der Waals surface area contributed by atoms with Gasteiger partial charge in [-0.3, -0.25) is 4.79 Å². The Bertz CT molecular complexity index is 946. The summed E-state index contributed by atoms with van der Waals surface area (Å²) in [6.45, 7) is 3.22. The third kappa shape index (κ3) is 5.82. The fourth-order valence-corrected chi connectivity index (χ4v) is 6.45. The molecule has 0 saturated heterocycles. The zero-order valence-corrected chi connectivity index (χ0v) is 23.7. The molecule has 7 heteroatoms. The van der Waals surface area contributed by atoms with E-state index in [0.717, 1.165) is 48.0 Å². The molecule has 0 amide bonds. The number of hydrogen-bond donors (Lipinski definition) is 2. The summed E-state index contributed by atoms with van der Waals surface area (Å²) >= 11 is 7.25. The molecule has 4 atom stereocenters. The SMILES string of the molecule is CN(C)CC(C(=O)C(CN(C)C)C1NCCc2cc(Br)ccc21)C1NCCc2cc(Br)ccc21. The Morgan fingerprint density at radius 3 is 1.62 bits per heavy atom. The molecule has 0 bridgehead atoms. The van der Waals surface area contributed by atoms with Crippen molar-refractivity contribution in [3.8, 4) is 0 Å². The minimum absolute atomic E-state index is 0.0180. The number of carbonyl (C=O) groups excluding carboxylic acids is 1. The number of carbonyl (C=O) groups is 1. The van der Waals surface area contributed by atoms with Gasteiger partial charge in [0.1, 0.15) is 5.78 Å². The van der Waals surface area contributed by atoms with Gasteiger partial charge in [-0.25, -0.2) is 0 Å². The highest BCUT2D eigenvalue weighted by Crippen LogP contribution is 2.37. The Morgan fingerprint density at radius 1 is 0.824 bits per heavy atom. The van der Waals surface area contributed by atoms with Gasteiger partial charge in [0.25, 0.3) is 0 Å². The highest BCUT2D eigenvalue weighted by atomic mass is 79.9. The number of hydrogen-bond acceptors (Lipinski definition) is 5. The van der Waals surface area contributed by atoms with Crippen LogP contribution in [0.2, 0.25) is 0 Å². The summed E-state index contributed by atoms with van der Waals surface area (Å²) in [6, 6.07) is 13.1. The second-order valence-corrected chi connectivity index (χ2v) is 12.0. The van der Waals surface area contributed by atoms with E-state index in [0.29, 0.717) is 5.78 Å². The van der Waals surface area contributed by atoms with Gasteiger partial charge in [0.15, 0.2) is 0 Å². The molecule has 0 spiro atoms. The zero-order valence-electron chi connectivity index (χ0n) is 20.6. The van der Waals surface area contributed by atoms with Gasteiger partial charge in [0, 0.05) is 34.1 Å². The molecule has 2 aliphatic rings. The Morgan fingerprint density at radius 2 is 1.24 bits per heavy atom. The maximum atomic E-state index is 14.5. The van der Waals surface area contributed by atoms with Crippen LogP contribution in [0.4, 0.5) is 0 Å². The highest BCUT2D eigenvalue weighted by molar-refractivity contribution is 9.10. The minimum atomic E-state index is -0.136. The number of ketones is 1. The van der Waals surface area contributed by atoms with E-state index < -0.39 is 0 Å². The summed E-state index contributed by atoms with van der Waals surface area (Å²) in [5, 5.41) is 7.43. The first-order chi connectivity index (χ1) is 16.2. The van der Waals surface area contributed by atoms with Gasteiger partial charge >= 0.3 is 0 Å². The predicted molar refractivity (Wildman–Crippen MR) is 146 cm³/mol. The highest BCUT2D eigenvalue weighted by Gasteiger charge is 2.41. The fourth-order valence-electron chi connectivity index (χ4n) is 5.63. The van der Waals surface area contributed by atoms with Gasteiger partial charge in [-0.05, 0) is 101 Å². The number of halogens is 2. The van der Waals surface area contributed by atoms with Crippen molar-refractivity contribution in [2.24, 2.45) is 11.8 Å². The molecule has 34 heavy (non-hydrogen) atoms. The first-order valence-corrected chi connectivity index (χ1v) is 13.7. The largest absolute Gasteiger partial charge is 0.309 e. The quantitative estimate of drug-likeness (QED) is 0.482. The van der Waals surface area contributed by atoms with E-state index in [1.54, 1.807) is 0 Å². The van der Waals surface area contributed by atoms with Crippen molar-refractivity contribution < 1.29 is 4.79 Å². The standard InChI is InChI=1S/C27H36Br2N4O/c1-32(2)15-23(25-21-7-5-19(28)13-17(21)9-11-30-25)27(34)24(16-33(3)4)26-22-8-6-20(29)14-18(22)10-12-31-26/h5-8,13-14,23-26,30-31H,9-12,15-16H2,1-4H3. The summed E-state index contributed by atoms with van der Waals surface area (Å²) in [7, 11) is 8.27. The molecular formula is C27H36Br2N4O. The van der Waals surface area contributed by atoms with Gasteiger partial charge < -0.3 is 20.4 Å². The Kier molecular flexibility index (Phi) is 8.65. The van der Waals surface area contributed by atoms with Crippen molar-refractivity contribution in [2.75, 3.05) is 54.4 Å². The predicted octanol–water partition coefficient (Wildman–Crippen LogP) is 4.21. The number of nitrogens with one attached hydrogen (secondary N) is 2. The second kappa shape index (κ2) is 11.3. The Hall–Kier alpha value is -1.09. The Labute approximate surface area is 220 Å². The van der Waals surface area contributed by atoms with Crippen LogP contribution in [-0.2, 0) is 17.6 Å². The van der Waals surface area contributed by atoms with Crippen molar-refractivity contribution in [3.05, 3.63) is 67.6 Å². The smallest absolute Gasteiger partial charge is 0.145 e. The third-order valence-electron chi connectivity index (χ3n) is 7.06. The summed E-state index contributed by atoms with van der Waals surface area (Å²) in [5.74, 6) is 0.0644. The van der Waals surface area contributed by atoms with Crippen LogP contribution in [0.25, 0.3) is 0 Å². The Balaban J connectivity index is 1.72. The molecule has 2 N–H and O–H groups in total.